The van der Waals surface area contributed by atoms with Gasteiger partial charge in [0.2, 0.25) is 0 Å². The van der Waals surface area contributed by atoms with Crippen LogP contribution in [0.3, 0.4) is 0 Å². The van der Waals surface area contributed by atoms with E-state index in [-0.39, 0.29) is 0 Å². The van der Waals surface area contributed by atoms with Crippen LogP contribution in [0.1, 0.15) is 127 Å². The number of hydrogen-bond donors (Lipinski definition) is 0. The molecule has 0 bridgehead atoms. The molecule has 0 N–H and O–H groups in total. The van der Waals surface area contributed by atoms with Crippen LogP contribution in [-0.4, -0.2) is 13.7 Å². The number of hydrogen-bond acceptors (Lipinski definition) is 1. The van der Waals surface area contributed by atoms with Crippen molar-refractivity contribution in [2.75, 3.05) is 13.7 Å². The van der Waals surface area contributed by atoms with Gasteiger partial charge in [-0.3, -0.25) is 0 Å². The van der Waals surface area contributed by atoms with Gasteiger partial charge in [-0.1, -0.05) is 80.9 Å². The summed E-state index contributed by atoms with van der Waals surface area (Å²) in [6.07, 6.45) is 15.3. The van der Waals surface area contributed by atoms with Gasteiger partial charge in [0.1, 0.15) is 0 Å². The number of allylic oxidation sites excluding steroid dienone is 2. The lowest BCUT2D eigenvalue weighted by Gasteiger charge is -2.73. The quantitative estimate of drug-likeness (QED) is 0.356. The Morgan fingerprint density at radius 1 is 0.829 bits per heavy atom. The molecule has 0 saturated heterocycles. The van der Waals surface area contributed by atoms with Crippen molar-refractivity contribution in [1.82, 2.24) is 0 Å². The van der Waals surface area contributed by atoms with E-state index in [0.717, 1.165) is 30.3 Å². The third-order valence-electron chi connectivity index (χ3n) is 14.8. The molecule has 0 aromatic heterocycles. The zero-order chi connectivity index (χ0) is 25.9. The lowest BCUT2D eigenvalue weighted by Crippen LogP contribution is -2.65. The van der Waals surface area contributed by atoms with Gasteiger partial charge >= 0.3 is 0 Å². The molecule has 4 fully saturated rings. The van der Waals surface area contributed by atoms with E-state index < -0.39 is 0 Å². The first-order valence-corrected chi connectivity index (χ1v) is 15.2. The number of ether oxygens (including phenoxy) is 1. The lowest BCUT2D eigenvalue weighted by atomic mass is 9.32. The summed E-state index contributed by atoms with van der Waals surface area (Å²) >= 11 is 0. The van der Waals surface area contributed by atoms with Crippen LogP contribution in [0.25, 0.3) is 0 Å². The van der Waals surface area contributed by atoms with E-state index in [4.69, 9.17) is 4.74 Å². The van der Waals surface area contributed by atoms with Crippen LogP contribution in [0.5, 0.6) is 0 Å². The van der Waals surface area contributed by atoms with Gasteiger partial charge in [-0.15, -0.1) is 0 Å². The average Bonchev–Trinajstić information content (AvgIpc) is 2.73. The second kappa shape index (κ2) is 7.64. The monoisotopic (exact) mass is 482 g/mol. The van der Waals surface area contributed by atoms with Gasteiger partial charge in [-0.2, -0.15) is 0 Å². The maximum Gasteiger partial charge on any atom is 0.0521 e. The molecule has 1 heteroatoms. The van der Waals surface area contributed by atoms with Crippen LogP contribution in [0, 0.1) is 61.6 Å². The smallest absolute Gasteiger partial charge is 0.0521 e. The second-order valence-electron chi connectivity index (χ2n) is 17.1. The van der Waals surface area contributed by atoms with E-state index in [1.807, 2.05) is 12.7 Å². The molecule has 1 nitrogen and oxygen atoms in total. The van der Waals surface area contributed by atoms with Gasteiger partial charge < -0.3 is 4.74 Å². The van der Waals surface area contributed by atoms with Crippen molar-refractivity contribution in [2.45, 2.75) is 127 Å². The van der Waals surface area contributed by atoms with E-state index in [2.05, 4.69) is 75.3 Å². The predicted octanol–water partition coefficient (Wildman–Crippen LogP) is 9.71. The van der Waals surface area contributed by atoms with Crippen LogP contribution in [0.4, 0.5) is 0 Å². The van der Waals surface area contributed by atoms with E-state index in [9.17, 15) is 0 Å². The minimum absolute atomic E-state index is 0.316. The molecular formula is C34H58O. The standard InChI is InChI=1S/C34H58O/c1-23-14-16-30(6)26(31(23,7)22-35-11)15-17-34(10)27(30)13-12-24-25-20-28(2,3)21-29(4,5)32(25,8)18-19-33(24,34)9/h12,23,25-27H,13-22H2,1-11H3. The molecule has 5 rings (SSSR count). The maximum atomic E-state index is 5.91. The molecule has 0 spiro atoms. The first-order valence-electron chi connectivity index (χ1n) is 15.2. The van der Waals surface area contributed by atoms with Gasteiger partial charge in [-0.05, 0) is 119 Å². The highest BCUT2D eigenvalue weighted by atomic mass is 16.5. The van der Waals surface area contributed by atoms with Crippen molar-refractivity contribution in [1.29, 1.82) is 0 Å². The average molecular weight is 483 g/mol. The summed E-state index contributed by atoms with van der Waals surface area (Å²) in [4.78, 5) is 0. The fourth-order valence-corrected chi connectivity index (χ4v) is 12.2. The fraction of sp³-hybridized carbons (Fsp3) is 0.941. The number of fused-ring (bicyclic) bond motifs is 7. The molecule has 0 radical (unpaired) electrons. The Bertz CT molecular complexity index is 896. The lowest BCUT2D eigenvalue weighted by molar-refractivity contribution is -0.208. The molecule has 9 unspecified atom stereocenters. The summed E-state index contributed by atoms with van der Waals surface area (Å²) < 4.78 is 5.91. The van der Waals surface area contributed by atoms with Crippen LogP contribution < -0.4 is 0 Å². The highest BCUT2D eigenvalue weighted by Gasteiger charge is 2.69. The molecule has 0 heterocycles. The summed E-state index contributed by atoms with van der Waals surface area (Å²) in [7, 11) is 1.93. The predicted molar refractivity (Wildman–Crippen MR) is 149 cm³/mol. The molecule has 0 aliphatic heterocycles. The van der Waals surface area contributed by atoms with Crippen molar-refractivity contribution in [2.24, 2.45) is 61.6 Å². The summed E-state index contributed by atoms with van der Waals surface area (Å²) in [5.74, 6) is 3.11. The molecule has 0 aromatic rings. The summed E-state index contributed by atoms with van der Waals surface area (Å²) in [6.45, 7) is 27.2. The third kappa shape index (κ3) is 3.21. The molecule has 0 aromatic carbocycles. The summed E-state index contributed by atoms with van der Waals surface area (Å²) in [5.41, 5.74) is 4.72. The Balaban J connectivity index is 1.58. The summed E-state index contributed by atoms with van der Waals surface area (Å²) in [6, 6.07) is 0. The van der Waals surface area contributed by atoms with Crippen molar-refractivity contribution >= 4 is 0 Å². The zero-order valence-corrected chi connectivity index (χ0v) is 25.4. The first kappa shape index (κ1) is 26.3. The van der Waals surface area contributed by atoms with Crippen LogP contribution in [-0.2, 0) is 4.74 Å². The molecular weight excluding hydrogens is 424 g/mol. The molecule has 4 saturated carbocycles. The fourth-order valence-electron chi connectivity index (χ4n) is 12.2. The van der Waals surface area contributed by atoms with Crippen LogP contribution in [0.15, 0.2) is 11.6 Å². The summed E-state index contributed by atoms with van der Waals surface area (Å²) in [5, 5.41) is 0. The molecule has 9 atom stereocenters. The van der Waals surface area contributed by atoms with Crippen LogP contribution >= 0.6 is 0 Å². The molecule has 35 heavy (non-hydrogen) atoms. The molecule has 5 aliphatic carbocycles. The van der Waals surface area contributed by atoms with Gasteiger partial charge in [0.05, 0.1) is 6.61 Å². The third-order valence-corrected chi connectivity index (χ3v) is 14.8. The van der Waals surface area contributed by atoms with E-state index >= 15 is 0 Å². The largest absolute Gasteiger partial charge is 0.384 e. The van der Waals surface area contributed by atoms with E-state index in [1.54, 1.807) is 0 Å². The Morgan fingerprint density at radius 2 is 1.51 bits per heavy atom. The van der Waals surface area contributed by atoms with Crippen molar-refractivity contribution in [3.8, 4) is 0 Å². The molecule has 0 amide bonds. The SMILES string of the molecule is COCC1(C)C(C)CCC2(C)C1CCC1(C)C2CC=C2C3CC(C)(C)CC(C)(C)C3(C)CCC21C. The highest BCUT2D eigenvalue weighted by molar-refractivity contribution is 5.34. The normalized spacial score (nSPS) is 54.5. The number of rotatable bonds is 2. The second-order valence-corrected chi connectivity index (χ2v) is 17.1. The van der Waals surface area contributed by atoms with Crippen molar-refractivity contribution < 1.29 is 4.74 Å². The molecule has 200 valence electrons. The first-order chi connectivity index (χ1) is 16.0. The van der Waals surface area contributed by atoms with Crippen LogP contribution in [0.2, 0.25) is 0 Å². The van der Waals surface area contributed by atoms with Crippen molar-refractivity contribution in [3.63, 3.8) is 0 Å². The van der Waals surface area contributed by atoms with Gasteiger partial charge in [0.25, 0.3) is 0 Å². The van der Waals surface area contributed by atoms with Gasteiger partial charge in [-0.25, -0.2) is 0 Å². The van der Waals surface area contributed by atoms with Gasteiger partial charge in [0.15, 0.2) is 0 Å². The molecule has 5 aliphatic rings. The Morgan fingerprint density at radius 3 is 2.17 bits per heavy atom. The Hall–Kier alpha value is -0.300. The van der Waals surface area contributed by atoms with Crippen molar-refractivity contribution in [3.05, 3.63) is 11.6 Å². The maximum absolute atomic E-state index is 5.91. The minimum atomic E-state index is 0.316. The highest BCUT2D eigenvalue weighted by Crippen LogP contribution is 2.77. The van der Waals surface area contributed by atoms with Gasteiger partial charge in [0, 0.05) is 7.11 Å². The Kier molecular flexibility index (Phi) is 5.74. The minimum Gasteiger partial charge on any atom is -0.384 e. The zero-order valence-electron chi connectivity index (χ0n) is 25.4. The number of methoxy groups -OCH3 is 1. The van der Waals surface area contributed by atoms with E-state index in [0.29, 0.717) is 37.9 Å². The topological polar surface area (TPSA) is 9.23 Å². The van der Waals surface area contributed by atoms with E-state index in [1.165, 1.54) is 57.8 Å². The Labute approximate surface area is 218 Å².